The van der Waals surface area contributed by atoms with Crippen LogP contribution in [0.15, 0.2) is 30.0 Å². The van der Waals surface area contributed by atoms with Crippen molar-refractivity contribution in [2.24, 2.45) is 5.92 Å². The predicted molar refractivity (Wildman–Crippen MR) is 60.3 cm³/mol. The zero-order valence-electron chi connectivity index (χ0n) is 8.83. The Labute approximate surface area is 85.8 Å². The fourth-order valence-corrected chi connectivity index (χ4v) is 1.88. The number of benzene rings is 1. The molecular formula is C13H16N. The first-order chi connectivity index (χ1) is 6.81. The highest BCUT2D eigenvalue weighted by molar-refractivity contribution is 5.71. The van der Waals surface area contributed by atoms with E-state index in [-0.39, 0.29) is 0 Å². The van der Waals surface area contributed by atoms with Crippen molar-refractivity contribution in [2.45, 2.75) is 26.7 Å². The van der Waals surface area contributed by atoms with Crippen LogP contribution in [0.2, 0.25) is 0 Å². The Morgan fingerprint density at radius 1 is 1.29 bits per heavy atom. The van der Waals surface area contributed by atoms with E-state index in [2.05, 4.69) is 43.4 Å². The minimum Gasteiger partial charge on any atom is -0.253 e. The van der Waals surface area contributed by atoms with Crippen molar-refractivity contribution in [1.29, 1.82) is 0 Å². The zero-order valence-corrected chi connectivity index (χ0v) is 8.83. The minimum atomic E-state index is 0.590. The monoisotopic (exact) mass is 186 g/mol. The molecule has 0 saturated carbocycles. The van der Waals surface area contributed by atoms with Gasteiger partial charge in [0.2, 0.25) is 0 Å². The Bertz CT molecular complexity index is 352. The predicted octanol–water partition coefficient (Wildman–Crippen LogP) is 3.71. The van der Waals surface area contributed by atoms with E-state index in [1.807, 2.05) is 6.07 Å². The number of nitrogens with zero attached hydrogens (tertiary/aromatic N) is 1. The van der Waals surface area contributed by atoms with Crippen LogP contribution in [-0.4, -0.2) is 0 Å². The third-order valence-electron chi connectivity index (χ3n) is 2.72. The number of hydrogen-bond acceptors (Lipinski definition) is 0. The summed E-state index contributed by atoms with van der Waals surface area (Å²) in [6.07, 6.45) is 4.67. The van der Waals surface area contributed by atoms with Crippen LogP contribution < -0.4 is 5.32 Å². The first-order valence-electron chi connectivity index (χ1n) is 5.33. The molecule has 1 radical (unpaired) electrons. The lowest BCUT2D eigenvalue weighted by atomic mass is 10.0. The SMILES string of the molecule is CCCC(C)C1=Cc2ccccc2[N]1. The van der Waals surface area contributed by atoms with E-state index in [0.29, 0.717) is 5.92 Å². The van der Waals surface area contributed by atoms with Gasteiger partial charge in [0, 0.05) is 11.3 Å². The van der Waals surface area contributed by atoms with E-state index in [9.17, 15) is 0 Å². The van der Waals surface area contributed by atoms with Crippen LogP contribution in [-0.2, 0) is 0 Å². The van der Waals surface area contributed by atoms with Crippen LogP contribution >= 0.6 is 0 Å². The standard InChI is InChI=1S/C13H16N/c1-3-6-10(2)13-9-11-7-4-5-8-12(11)14-13/h4-5,7-10H,3,6H2,1-2H3. The Hall–Kier alpha value is -1.24. The first-order valence-corrected chi connectivity index (χ1v) is 5.33. The van der Waals surface area contributed by atoms with Gasteiger partial charge in [0.1, 0.15) is 0 Å². The molecule has 0 spiro atoms. The van der Waals surface area contributed by atoms with Gasteiger partial charge >= 0.3 is 0 Å². The molecule has 0 N–H and O–H groups in total. The molecule has 0 aromatic heterocycles. The molecule has 0 amide bonds. The Kier molecular flexibility index (Phi) is 2.58. The van der Waals surface area contributed by atoms with Crippen molar-refractivity contribution in [3.05, 3.63) is 35.5 Å². The smallest absolute Gasteiger partial charge is 0.0706 e. The van der Waals surface area contributed by atoms with Crippen LogP contribution in [0.5, 0.6) is 0 Å². The molecule has 1 nitrogen and oxygen atoms in total. The largest absolute Gasteiger partial charge is 0.253 e. The summed E-state index contributed by atoms with van der Waals surface area (Å²) in [6, 6.07) is 8.32. The molecule has 1 aliphatic rings. The lowest BCUT2D eigenvalue weighted by Gasteiger charge is -2.10. The van der Waals surface area contributed by atoms with Gasteiger partial charge in [0.05, 0.1) is 5.69 Å². The van der Waals surface area contributed by atoms with E-state index >= 15 is 0 Å². The molecule has 1 aliphatic heterocycles. The highest BCUT2D eigenvalue weighted by atomic mass is 14.9. The summed E-state index contributed by atoms with van der Waals surface area (Å²) in [5.41, 5.74) is 3.64. The molecule has 1 unspecified atom stereocenters. The maximum atomic E-state index is 4.63. The summed E-state index contributed by atoms with van der Waals surface area (Å²) in [7, 11) is 0. The molecule has 1 heteroatoms. The molecule has 14 heavy (non-hydrogen) atoms. The Morgan fingerprint density at radius 3 is 2.79 bits per heavy atom. The first kappa shape index (κ1) is 9.32. The van der Waals surface area contributed by atoms with Crippen LogP contribution in [0.3, 0.4) is 0 Å². The summed E-state index contributed by atoms with van der Waals surface area (Å²) in [5, 5.41) is 4.63. The fourth-order valence-electron chi connectivity index (χ4n) is 1.88. The Morgan fingerprint density at radius 2 is 2.07 bits per heavy atom. The second kappa shape index (κ2) is 3.87. The molecule has 0 bridgehead atoms. The lowest BCUT2D eigenvalue weighted by Crippen LogP contribution is -2.03. The fraction of sp³-hybridized carbons (Fsp3) is 0.385. The second-order valence-corrected chi connectivity index (χ2v) is 3.93. The average Bonchev–Trinajstić information content (AvgIpc) is 2.61. The molecule has 2 rings (SSSR count). The number of fused-ring (bicyclic) bond motifs is 1. The molecule has 1 aromatic carbocycles. The molecular weight excluding hydrogens is 170 g/mol. The summed E-state index contributed by atoms with van der Waals surface area (Å²) in [6.45, 7) is 4.48. The molecule has 1 aromatic rings. The summed E-state index contributed by atoms with van der Waals surface area (Å²) < 4.78 is 0. The van der Waals surface area contributed by atoms with Gasteiger partial charge < -0.3 is 0 Å². The van der Waals surface area contributed by atoms with E-state index < -0.39 is 0 Å². The third-order valence-corrected chi connectivity index (χ3v) is 2.72. The van der Waals surface area contributed by atoms with E-state index in [4.69, 9.17) is 0 Å². The molecule has 73 valence electrons. The number of rotatable bonds is 3. The van der Waals surface area contributed by atoms with Crippen molar-refractivity contribution in [3.8, 4) is 0 Å². The van der Waals surface area contributed by atoms with E-state index in [0.717, 1.165) is 5.69 Å². The number of para-hydroxylation sites is 1. The average molecular weight is 186 g/mol. The number of hydrogen-bond donors (Lipinski definition) is 0. The van der Waals surface area contributed by atoms with Crippen LogP contribution in [0, 0.1) is 5.92 Å². The van der Waals surface area contributed by atoms with Gasteiger partial charge in [-0.1, -0.05) is 38.5 Å². The van der Waals surface area contributed by atoms with Crippen molar-refractivity contribution in [3.63, 3.8) is 0 Å². The molecule has 0 aliphatic carbocycles. The minimum absolute atomic E-state index is 0.590. The maximum Gasteiger partial charge on any atom is 0.0706 e. The van der Waals surface area contributed by atoms with Gasteiger partial charge in [-0.15, -0.1) is 0 Å². The van der Waals surface area contributed by atoms with Gasteiger partial charge in [-0.3, -0.25) is 5.32 Å². The molecule has 0 saturated heterocycles. The maximum absolute atomic E-state index is 4.63. The van der Waals surface area contributed by atoms with Gasteiger partial charge in [0.15, 0.2) is 0 Å². The van der Waals surface area contributed by atoms with Crippen molar-refractivity contribution < 1.29 is 0 Å². The van der Waals surface area contributed by atoms with Crippen LogP contribution in [0.25, 0.3) is 6.08 Å². The van der Waals surface area contributed by atoms with Crippen molar-refractivity contribution >= 4 is 11.8 Å². The molecule has 1 atom stereocenters. The normalized spacial score (nSPS) is 15.7. The highest BCUT2D eigenvalue weighted by Crippen LogP contribution is 2.31. The summed E-state index contributed by atoms with van der Waals surface area (Å²) >= 11 is 0. The third kappa shape index (κ3) is 1.67. The van der Waals surface area contributed by atoms with E-state index in [1.54, 1.807) is 0 Å². The van der Waals surface area contributed by atoms with Gasteiger partial charge in [-0.25, -0.2) is 0 Å². The van der Waals surface area contributed by atoms with Crippen molar-refractivity contribution in [2.75, 3.05) is 0 Å². The van der Waals surface area contributed by atoms with Gasteiger partial charge in [0.25, 0.3) is 0 Å². The zero-order chi connectivity index (χ0) is 9.97. The summed E-state index contributed by atoms with van der Waals surface area (Å²) in [5.74, 6) is 0.590. The van der Waals surface area contributed by atoms with Crippen LogP contribution in [0.1, 0.15) is 32.3 Å². The van der Waals surface area contributed by atoms with Crippen LogP contribution in [0.4, 0.5) is 5.69 Å². The van der Waals surface area contributed by atoms with Crippen molar-refractivity contribution in [1.82, 2.24) is 5.32 Å². The quantitative estimate of drug-likeness (QED) is 0.683. The molecule has 0 fully saturated rings. The molecule has 1 heterocycles. The van der Waals surface area contributed by atoms with Gasteiger partial charge in [-0.2, -0.15) is 0 Å². The highest BCUT2D eigenvalue weighted by Gasteiger charge is 2.17. The van der Waals surface area contributed by atoms with E-state index in [1.165, 1.54) is 24.1 Å². The lowest BCUT2D eigenvalue weighted by molar-refractivity contribution is 0.583. The number of allylic oxidation sites excluding steroid dienone is 1. The summed E-state index contributed by atoms with van der Waals surface area (Å²) in [4.78, 5) is 0. The topological polar surface area (TPSA) is 14.1 Å². The second-order valence-electron chi connectivity index (χ2n) is 3.93. The van der Waals surface area contributed by atoms with Gasteiger partial charge in [-0.05, 0) is 24.5 Å². The Balaban J connectivity index is 2.15.